The van der Waals surface area contributed by atoms with Crippen LogP contribution in [0.3, 0.4) is 0 Å². The molecule has 0 unspecified atom stereocenters. The minimum absolute atomic E-state index is 0.0887. The number of carbonyl (C=O) groups excluding carboxylic acids is 1. The lowest BCUT2D eigenvalue weighted by Gasteiger charge is -2.07. The lowest BCUT2D eigenvalue weighted by atomic mass is 10.1. The largest absolute Gasteiger partial charge is 0.367 e. The molecule has 0 aliphatic rings. The molecule has 0 aliphatic carbocycles. The van der Waals surface area contributed by atoms with E-state index in [2.05, 4.69) is 15.4 Å². The third-order valence-corrected chi connectivity index (χ3v) is 2.28. The van der Waals surface area contributed by atoms with E-state index >= 15 is 0 Å². The van der Waals surface area contributed by atoms with E-state index in [4.69, 9.17) is 29.1 Å². The van der Waals surface area contributed by atoms with E-state index in [0.29, 0.717) is 5.02 Å². The summed E-state index contributed by atoms with van der Waals surface area (Å²) in [5.41, 5.74) is 10.6. The second-order valence-electron chi connectivity index (χ2n) is 2.91. The molecule has 0 fully saturated rings. The molecule has 0 spiro atoms. The van der Waals surface area contributed by atoms with Crippen molar-refractivity contribution >= 4 is 35.2 Å². The molecule has 1 aromatic rings. The Hall–Kier alpha value is -1.46. The van der Waals surface area contributed by atoms with E-state index in [0.717, 1.165) is 5.56 Å². The van der Waals surface area contributed by atoms with Gasteiger partial charge in [-0.05, 0) is 11.6 Å². The molecule has 0 atom stereocenters. The number of rotatable bonds is 2. The first-order chi connectivity index (χ1) is 7.63. The van der Waals surface area contributed by atoms with Crippen molar-refractivity contribution in [3.63, 3.8) is 0 Å². The van der Waals surface area contributed by atoms with Crippen LogP contribution >= 0.6 is 23.4 Å². The maximum Gasteiger partial charge on any atom is 0.242 e. The Kier molecular flexibility index (Phi) is 4.88. The highest BCUT2D eigenvalue weighted by Gasteiger charge is 2.05. The van der Waals surface area contributed by atoms with Crippen molar-refractivity contribution in [2.24, 2.45) is 10.2 Å². The molecule has 1 aromatic carbocycles. The minimum atomic E-state index is -0.295. The maximum absolute atomic E-state index is 11.4. The SMILES string of the molecule is NC(=NCl)NNC(=O)Cc1ccccc1Cl. The quantitative estimate of drug-likeness (QED) is 0.421. The van der Waals surface area contributed by atoms with Crippen LogP contribution in [0.25, 0.3) is 0 Å². The van der Waals surface area contributed by atoms with E-state index in [9.17, 15) is 4.79 Å². The molecule has 1 amide bonds. The molecule has 0 saturated carbocycles. The first kappa shape index (κ1) is 12.6. The fraction of sp³-hybridized carbons (Fsp3) is 0.111. The van der Waals surface area contributed by atoms with Crippen molar-refractivity contribution < 1.29 is 4.79 Å². The normalized spacial score (nSPS) is 11.0. The third-order valence-electron chi connectivity index (χ3n) is 1.73. The van der Waals surface area contributed by atoms with Crippen LogP contribution in [-0.2, 0) is 11.2 Å². The molecule has 0 saturated heterocycles. The number of carbonyl (C=O) groups is 1. The molecule has 86 valence electrons. The van der Waals surface area contributed by atoms with Gasteiger partial charge in [-0.15, -0.1) is 4.51 Å². The highest BCUT2D eigenvalue weighted by molar-refractivity contribution is 6.31. The molecule has 1 rings (SSSR count). The summed E-state index contributed by atoms with van der Waals surface area (Å²) in [6.45, 7) is 0. The number of hydrogen-bond donors (Lipinski definition) is 3. The maximum atomic E-state index is 11.4. The van der Waals surface area contributed by atoms with Gasteiger partial charge in [0.05, 0.1) is 6.42 Å². The molecule has 4 N–H and O–H groups in total. The lowest BCUT2D eigenvalue weighted by molar-refractivity contribution is -0.121. The number of benzene rings is 1. The number of nitrogens with one attached hydrogen (secondary N) is 2. The average Bonchev–Trinajstić information content (AvgIpc) is 2.29. The van der Waals surface area contributed by atoms with Gasteiger partial charge in [0, 0.05) is 16.8 Å². The van der Waals surface area contributed by atoms with Gasteiger partial charge in [-0.1, -0.05) is 29.8 Å². The fourth-order valence-corrected chi connectivity index (χ4v) is 1.26. The standard InChI is InChI=1S/C9H10Cl2N4O/c10-7-4-2-1-3-6(7)5-8(16)14-15-9(12)13-11/h1-4H,5H2,(H,14,16)(H3,12,13,15). The van der Waals surface area contributed by atoms with Gasteiger partial charge in [0.1, 0.15) is 0 Å². The summed E-state index contributed by atoms with van der Waals surface area (Å²) >= 11 is 10.9. The number of halogens is 2. The number of nitrogens with zero attached hydrogens (tertiary/aromatic N) is 1. The summed E-state index contributed by atoms with van der Waals surface area (Å²) in [4.78, 5) is 11.4. The summed E-state index contributed by atoms with van der Waals surface area (Å²) in [5.74, 6) is -0.384. The van der Waals surface area contributed by atoms with Gasteiger partial charge in [0.25, 0.3) is 0 Å². The summed E-state index contributed by atoms with van der Waals surface area (Å²) in [7, 11) is 0. The fourth-order valence-electron chi connectivity index (χ4n) is 1.01. The molecule has 0 bridgehead atoms. The van der Waals surface area contributed by atoms with Crippen LogP contribution in [0.15, 0.2) is 28.8 Å². The van der Waals surface area contributed by atoms with Crippen molar-refractivity contribution in [2.45, 2.75) is 6.42 Å². The second kappa shape index (κ2) is 6.19. The van der Waals surface area contributed by atoms with Crippen LogP contribution in [-0.4, -0.2) is 11.9 Å². The van der Waals surface area contributed by atoms with Crippen molar-refractivity contribution in [1.82, 2.24) is 10.9 Å². The van der Waals surface area contributed by atoms with Gasteiger partial charge in [0.2, 0.25) is 11.9 Å². The Morgan fingerprint density at radius 3 is 2.69 bits per heavy atom. The zero-order valence-corrected chi connectivity index (χ0v) is 9.72. The summed E-state index contributed by atoms with van der Waals surface area (Å²) in [5, 5.41) is 0.539. The molecule has 0 radical (unpaired) electrons. The van der Waals surface area contributed by atoms with Crippen LogP contribution in [0.2, 0.25) is 5.02 Å². The Bertz CT molecular complexity index is 408. The summed E-state index contributed by atoms with van der Waals surface area (Å²) < 4.78 is 3.10. The predicted molar refractivity (Wildman–Crippen MR) is 63.9 cm³/mol. The topological polar surface area (TPSA) is 79.5 Å². The van der Waals surface area contributed by atoms with Crippen molar-refractivity contribution in [3.8, 4) is 0 Å². The molecule has 0 heterocycles. The van der Waals surface area contributed by atoms with Gasteiger partial charge in [0.15, 0.2) is 0 Å². The number of amides is 1. The Morgan fingerprint density at radius 2 is 2.06 bits per heavy atom. The van der Waals surface area contributed by atoms with Crippen LogP contribution in [0.5, 0.6) is 0 Å². The second-order valence-corrected chi connectivity index (χ2v) is 3.49. The molecule has 16 heavy (non-hydrogen) atoms. The van der Waals surface area contributed by atoms with Crippen LogP contribution in [0.4, 0.5) is 0 Å². The molecular weight excluding hydrogens is 251 g/mol. The van der Waals surface area contributed by atoms with Crippen LogP contribution in [0.1, 0.15) is 5.56 Å². The molecular formula is C9H10Cl2N4O. The zero-order chi connectivity index (χ0) is 12.0. The van der Waals surface area contributed by atoms with Crippen molar-refractivity contribution in [3.05, 3.63) is 34.9 Å². The zero-order valence-electron chi connectivity index (χ0n) is 8.21. The predicted octanol–water partition coefficient (Wildman–Crippen LogP) is 0.972. The monoisotopic (exact) mass is 260 g/mol. The summed E-state index contributed by atoms with van der Waals surface area (Å²) in [6, 6.07) is 7.07. The van der Waals surface area contributed by atoms with Gasteiger partial charge < -0.3 is 5.73 Å². The Labute approximate surface area is 103 Å². The number of guanidine groups is 1. The van der Waals surface area contributed by atoms with E-state index in [-0.39, 0.29) is 18.3 Å². The van der Waals surface area contributed by atoms with Gasteiger partial charge in [-0.3, -0.25) is 15.6 Å². The Balaban J connectivity index is 2.49. The molecule has 5 nitrogen and oxygen atoms in total. The van der Waals surface area contributed by atoms with Gasteiger partial charge >= 0.3 is 0 Å². The number of hydrogen-bond acceptors (Lipinski definition) is 2. The van der Waals surface area contributed by atoms with Gasteiger partial charge in [-0.25, -0.2) is 0 Å². The van der Waals surface area contributed by atoms with E-state index in [1.807, 2.05) is 0 Å². The highest BCUT2D eigenvalue weighted by atomic mass is 35.5. The molecule has 0 aliphatic heterocycles. The highest BCUT2D eigenvalue weighted by Crippen LogP contribution is 2.14. The van der Waals surface area contributed by atoms with E-state index < -0.39 is 0 Å². The first-order valence-corrected chi connectivity index (χ1v) is 5.07. The van der Waals surface area contributed by atoms with Crippen LogP contribution in [0, 0.1) is 0 Å². The Morgan fingerprint density at radius 1 is 1.38 bits per heavy atom. The van der Waals surface area contributed by atoms with Crippen molar-refractivity contribution in [1.29, 1.82) is 0 Å². The number of nitrogens with two attached hydrogens (primary N) is 1. The first-order valence-electron chi connectivity index (χ1n) is 4.36. The number of hydrazine groups is 1. The smallest absolute Gasteiger partial charge is 0.242 e. The lowest BCUT2D eigenvalue weighted by Crippen LogP contribution is -2.45. The third kappa shape index (κ3) is 3.96. The van der Waals surface area contributed by atoms with Crippen LogP contribution < -0.4 is 16.6 Å². The van der Waals surface area contributed by atoms with Crippen molar-refractivity contribution in [2.75, 3.05) is 0 Å². The van der Waals surface area contributed by atoms with Gasteiger partial charge in [-0.2, -0.15) is 0 Å². The molecule has 7 heteroatoms. The summed E-state index contributed by atoms with van der Waals surface area (Å²) in [6.07, 6.45) is 0.141. The minimum Gasteiger partial charge on any atom is -0.367 e. The van der Waals surface area contributed by atoms with E-state index in [1.54, 1.807) is 24.3 Å². The molecule has 0 aromatic heterocycles. The average molecular weight is 261 g/mol. The van der Waals surface area contributed by atoms with E-state index in [1.165, 1.54) is 0 Å².